The summed E-state index contributed by atoms with van der Waals surface area (Å²) in [5, 5.41) is 0. The van der Waals surface area contributed by atoms with Crippen LogP contribution in [0.4, 0.5) is 17.6 Å². The van der Waals surface area contributed by atoms with Gasteiger partial charge in [0.15, 0.2) is 0 Å². The Hall–Kier alpha value is -0.910. The van der Waals surface area contributed by atoms with Gasteiger partial charge in [0.1, 0.15) is 11.6 Å². The van der Waals surface area contributed by atoms with Crippen molar-refractivity contribution in [3.63, 3.8) is 0 Å². The third-order valence-electron chi connectivity index (χ3n) is 3.96. The summed E-state index contributed by atoms with van der Waals surface area (Å²) in [4.78, 5) is 12.2. The van der Waals surface area contributed by atoms with Crippen molar-refractivity contribution in [2.75, 3.05) is 0 Å². The molecule has 0 amide bonds. The average molecular weight is 367 g/mol. The predicted octanol–water partition coefficient (Wildman–Crippen LogP) is 5.07. The Bertz CT molecular complexity index is 527. The Balaban J connectivity index is 2.04. The molecule has 21 heavy (non-hydrogen) atoms. The van der Waals surface area contributed by atoms with Gasteiger partial charge in [0.2, 0.25) is 0 Å². The second-order valence-electron chi connectivity index (χ2n) is 5.48. The lowest BCUT2D eigenvalue weighted by molar-refractivity contribution is -0.186. The summed E-state index contributed by atoms with van der Waals surface area (Å²) in [6.45, 7) is 0. The first-order valence-electron chi connectivity index (χ1n) is 6.80. The lowest BCUT2D eigenvalue weighted by Gasteiger charge is -2.29. The van der Waals surface area contributed by atoms with Gasteiger partial charge in [0.05, 0.1) is 5.92 Å². The van der Waals surface area contributed by atoms with Gasteiger partial charge >= 0.3 is 6.18 Å². The van der Waals surface area contributed by atoms with Crippen LogP contribution < -0.4 is 0 Å². The molecule has 1 aromatic rings. The zero-order valence-electron chi connectivity index (χ0n) is 11.2. The van der Waals surface area contributed by atoms with Crippen LogP contribution in [0.15, 0.2) is 22.7 Å². The molecule has 1 aliphatic carbocycles. The molecule has 2 unspecified atom stereocenters. The van der Waals surface area contributed by atoms with Crippen LogP contribution in [0.5, 0.6) is 0 Å². The maximum absolute atomic E-state index is 13.6. The quantitative estimate of drug-likeness (QED) is 0.682. The predicted molar refractivity (Wildman–Crippen MR) is 74.3 cm³/mol. The molecule has 1 nitrogen and oxygen atoms in total. The smallest absolute Gasteiger partial charge is 0.299 e. The molecule has 1 aliphatic rings. The molecule has 0 aromatic heterocycles. The van der Waals surface area contributed by atoms with E-state index < -0.39 is 23.8 Å². The molecule has 1 aromatic carbocycles. The van der Waals surface area contributed by atoms with Crippen LogP contribution in [0.1, 0.15) is 31.2 Å². The van der Waals surface area contributed by atoms with Crippen molar-refractivity contribution in [3.05, 3.63) is 34.1 Å². The molecule has 1 saturated carbocycles. The van der Waals surface area contributed by atoms with E-state index in [0.29, 0.717) is 17.3 Å². The number of ketones is 1. The van der Waals surface area contributed by atoms with Crippen molar-refractivity contribution in [1.29, 1.82) is 0 Å². The first kappa shape index (κ1) is 16.5. The summed E-state index contributed by atoms with van der Waals surface area (Å²) in [6, 6.07) is 4.26. The number of Topliss-reactive ketones (excluding diaryl/α,β-unsaturated/α-hetero) is 1. The molecule has 0 saturated heterocycles. The van der Waals surface area contributed by atoms with Crippen LogP contribution in [0, 0.1) is 17.7 Å². The summed E-state index contributed by atoms with van der Waals surface area (Å²) in [5.74, 6) is -2.84. The van der Waals surface area contributed by atoms with Crippen LogP contribution in [-0.2, 0) is 11.2 Å². The van der Waals surface area contributed by atoms with Gasteiger partial charge < -0.3 is 0 Å². The molecule has 6 heteroatoms. The molecule has 1 fully saturated rings. The van der Waals surface area contributed by atoms with Gasteiger partial charge in [0, 0.05) is 16.8 Å². The van der Waals surface area contributed by atoms with E-state index in [0.717, 1.165) is 0 Å². The number of rotatable bonds is 3. The fraction of sp³-hybridized carbons (Fsp3) is 0.533. The highest BCUT2D eigenvalue weighted by molar-refractivity contribution is 9.10. The molecule has 0 aliphatic heterocycles. The minimum Gasteiger partial charge on any atom is -0.299 e. The van der Waals surface area contributed by atoms with Gasteiger partial charge in [-0.15, -0.1) is 0 Å². The van der Waals surface area contributed by atoms with Crippen molar-refractivity contribution >= 4 is 21.7 Å². The average Bonchev–Trinajstić information content (AvgIpc) is 2.42. The standard InChI is InChI=1S/C15H15BrF4O/c16-12-4-5-13(17)10(7-12)8-14(21)9-2-1-3-11(6-9)15(18,19)20/h4-5,7,9,11H,1-3,6,8H2. The Kier molecular flexibility index (Phi) is 5.07. The Morgan fingerprint density at radius 1 is 1.29 bits per heavy atom. The molecule has 0 spiro atoms. The number of halogens is 5. The summed E-state index contributed by atoms with van der Waals surface area (Å²) >= 11 is 3.19. The SMILES string of the molecule is O=C(Cc1cc(Br)ccc1F)C1CCCC(C(F)(F)F)C1. The van der Waals surface area contributed by atoms with Gasteiger partial charge in [-0.3, -0.25) is 4.79 Å². The number of hydrogen-bond acceptors (Lipinski definition) is 1. The zero-order chi connectivity index (χ0) is 15.6. The third-order valence-corrected chi connectivity index (χ3v) is 4.46. The second kappa shape index (κ2) is 6.46. The normalized spacial score (nSPS) is 23.1. The molecule has 0 heterocycles. The maximum Gasteiger partial charge on any atom is 0.391 e. The molecule has 2 rings (SSSR count). The van der Waals surface area contributed by atoms with E-state index in [-0.39, 0.29) is 30.6 Å². The van der Waals surface area contributed by atoms with Crippen LogP contribution in [0.25, 0.3) is 0 Å². The highest BCUT2D eigenvalue weighted by atomic mass is 79.9. The van der Waals surface area contributed by atoms with Gasteiger partial charge in [0.25, 0.3) is 0 Å². The van der Waals surface area contributed by atoms with E-state index in [1.165, 1.54) is 18.2 Å². The first-order valence-corrected chi connectivity index (χ1v) is 7.60. The molecule has 2 atom stereocenters. The van der Waals surface area contributed by atoms with Crippen molar-refractivity contribution in [2.24, 2.45) is 11.8 Å². The molecular formula is C15H15BrF4O. The molecule has 0 bridgehead atoms. The monoisotopic (exact) mass is 366 g/mol. The Morgan fingerprint density at radius 2 is 2.00 bits per heavy atom. The van der Waals surface area contributed by atoms with E-state index in [1.54, 1.807) is 0 Å². The van der Waals surface area contributed by atoms with Gasteiger partial charge in [-0.05, 0) is 43.0 Å². The van der Waals surface area contributed by atoms with Crippen LogP contribution in [0.3, 0.4) is 0 Å². The zero-order valence-corrected chi connectivity index (χ0v) is 12.8. The summed E-state index contributed by atoms with van der Waals surface area (Å²) < 4.78 is 52.5. The number of alkyl halides is 3. The number of carbonyl (C=O) groups is 1. The summed E-state index contributed by atoms with van der Waals surface area (Å²) in [7, 11) is 0. The fourth-order valence-electron chi connectivity index (χ4n) is 2.79. The highest BCUT2D eigenvalue weighted by Gasteiger charge is 2.43. The summed E-state index contributed by atoms with van der Waals surface area (Å²) in [6.07, 6.45) is -3.64. The van der Waals surface area contributed by atoms with E-state index in [4.69, 9.17) is 0 Å². The van der Waals surface area contributed by atoms with Crippen molar-refractivity contribution in [1.82, 2.24) is 0 Å². The summed E-state index contributed by atoms with van der Waals surface area (Å²) in [5.41, 5.74) is 0.225. The minimum atomic E-state index is -4.25. The lowest BCUT2D eigenvalue weighted by atomic mass is 9.78. The molecular weight excluding hydrogens is 352 g/mol. The molecule has 0 radical (unpaired) electrons. The maximum atomic E-state index is 13.6. The van der Waals surface area contributed by atoms with Gasteiger partial charge in [-0.25, -0.2) is 4.39 Å². The third kappa shape index (κ3) is 4.28. The van der Waals surface area contributed by atoms with Gasteiger partial charge in [-0.1, -0.05) is 22.4 Å². The lowest BCUT2D eigenvalue weighted by Crippen LogP contribution is -2.32. The van der Waals surface area contributed by atoms with E-state index in [9.17, 15) is 22.4 Å². The second-order valence-corrected chi connectivity index (χ2v) is 6.40. The van der Waals surface area contributed by atoms with E-state index in [1.807, 2.05) is 0 Å². The number of benzene rings is 1. The number of carbonyl (C=O) groups excluding carboxylic acids is 1. The molecule has 116 valence electrons. The highest BCUT2D eigenvalue weighted by Crippen LogP contribution is 2.40. The van der Waals surface area contributed by atoms with Crippen LogP contribution >= 0.6 is 15.9 Å². The Morgan fingerprint density at radius 3 is 2.67 bits per heavy atom. The Labute approximate surface area is 128 Å². The van der Waals surface area contributed by atoms with Crippen molar-refractivity contribution < 1.29 is 22.4 Å². The van der Waals surface area contributed by atoms with Crippen molar-refractivity contribution in [2.45, 2.75) is 38.3 Å². The topological polar surface area (TPSA) is 17.1 Å². The van der Waals surface area contributed by atoms with Crippen LogP contribution in [0.2, 0.25) is 0 Å². The largest absolute Gasteiger partial charge is 0.391 e. The van der Waals surface area contributed by atoms with E-state index in [2.05, 4.69) is 15.9 Å². The first-order chi connectivity index (χ1) is 9.77. The van der Waals surface area contributed by atoms with Crippen molar-refractivity contribution in [3.8, 4) is 0 Å². The number of hydrogen-bond donors (Lipinski definition) is 0. The minimum absolute atomic E-state index is 0.0819. The molecule has 0 N–H and O–H groups in total. The fourth-order valence-corrected chi connectivity index (χ4v) is 3.20. The van der Waals surface area contributed by atoms with Gasteiger partial charge in [-0.2, -0.15) is 13.2 Å². The van der Waals surface area contributed by atoms with Crippen LogP contribution in [-0.4, -0.2) is 12.0 Å². The van der Waals surface area contributed by atoms with E-state index >= 15 is 0 Å².